The van der Waals surface area contributed by atoms with Gasteiger partial charge < -0.3 is 9.64 Å². The number of hydrogen-bond donors (Lipinski definition) is 0. The Balaban J connectivity index is 1.70. The number of hydrogen-bond acceptors (Lipinski definition) is 4. The molecule has 150 valence electrons. The van der Waals surface area contributed by atoms with Crippen LogP contribution < -0.4 is 10.3 Å². The molecular weight excluding hydrogens is 380 g/mol. The maximum absolute atomic E-state index is 12.7. The van der Waals surface area contributed by atoms with Crippen molar-refractivity contribution in [1.29, 1.82) is 0 Å². The highest BCUT2D eigenvalue weighted by atomic mass is 19.3. The third kappa shape index (κ3) is 5.47. The number of ether oxygens (including phenoxy) is 1. The lowest BCUT2D eigenvalue weighted by molar-refractivity contribution is -0.0498. The Kier molecular flexibility index (Phi) is 6.33. The molecule has 0 fully saturated rings. The molecule has 1 aromatic heterocycles. The maximum atomic E-state index is 12.7. The van der Waals surface area contributed by atoms with E-state index in [0.717, 1.165) is 11.1 Å². The number of alkyl halides is 2. The summed E-state index contributed by atoms with van der Waals surface area (Å²) in [6, 6.07) is 18.1. The van der Waals surface area contributed by atoms with Gasteiger partial charge in [-0.25, -0.2) is 4.68 Å². The summed E-state index contributed by atoms with van der Waals surface area (Å²) in [5.74, 6) is -0.313. The van der Waals surface area contributed by atoms with Crippen molar-refractivity contribution in [3.63, 3.8) is 0 Å². The second kappa shape index (κ2) is 9.09. The topological polar surface area (TPSA) is 64.4 Å². The lowest BCUT2D eigenvalue weighted by atomic mass is 10.2. The molecule has 1 heterocycles. The molecule has 0 bridgehead atoms. The van der Waals surface area contributed by atoms with E-state index in [1.54, 1.807) is 19.2 Å². The average molecular weight is 399 g/mol. The fourth-order valence-corrected chi connectivity index (χ4v) is 2.75. The van der Waals surface area contributed by atoms with Crippen molar-refractivity contribution in [2.45, 2.75) is 19.7 Å². The van der Waals surface area contributed by atoms with Crippen LogP contribution in [0.3, 0.4) is 0 Å². The van der Waals surface area contributed by atoms with Crippen LogP contribution in [0.1, 0.15) is 21.6 Å². The lowest BCUT2D eigenvalue weighted by Gasteiger charge is -2.17. The van der Waals surface area contributed by atoms with Gasteiger partial charge in [-0.05, 0) is 29.3 Å². The molecule has 6 nitrogen and oxygen atoms in total. The maximum Gasteiger partial charge on any atom is 0.387 e. The predicted molar refractivity (Wildman–Crippen MR) is 103 cm³/mol. The molecule has 3 rings (SSSR count). The third-order valence-corrected chi connectivity index (χ3v) is 4.18. The quantitative estimate of drug-likeness (QED) is 0.612. The van der Waals surface area contributed by atoms with Crippen molar-refractivity contribution < 1.29 is 18.3 Å². The molecule has 0 radical (unpaired) electrons. The van der Waals surface area contributed by atoms with Crippen LogP contribution in [0.25, 0.3) is 0 Å². The van der Waals surface area contributed by atoms with Crippen molar-refractivity contribution >= 4 is 5.91 Å². The Morgan fingerprint density at radius 3 is 2.38 bits per heavy atom. The van der Waals surface area contributed by atoms with Gasteiger partial charge in [-0.3, -0.25) is 9.59 Å². The van der Waals surface area contributed by atoms with Gasteiger partial charge in [0.25, 0.3) is 11.5 Å². The SMILES string of the molecule is CN(Cc1ccc(OC(F)F)cc1)C(=O)c1ccc(=O)n(Cc2ccccc2)n1. The van der Waals surface area contributed by atoms with Crippen molar-refractivity contribution in [3.8, 4) is 5.75 Å². The lowest BCUT2D eigenvalue weighted by Crippen LogP contribution is -2.31. The minimum absolute atomic E-state index is 0.0485. The minimum Gasteiger partial charge on any atom is -0.435 e. The number of carbonyl (C=O) groups excluding carboxylic acids is 1. The Bertz CT molecular complexity index is 1020. The second-order valence-electron chi connectivity index (χ2n) is 6.38. The van der Waals surface area contributed by atoms with Crippen LogP contribution in [0.5, 0.6) is 5.75 Å². The van der Waals surface area contributed by atoms with Crippen molar-refractivity contribution in [3.05, 3.63) is 93.9 Å². The first kappa shape index (κ1) is 20.2. The number of rotatable bonds is 7. The van der Waals surface area contributed by atoms with Crippen LogP contribution in [0.2, 0.25) is 0 Å². The predicted octanol–water partition coefficient (Wildman–Crippen LogP) is 3.17. The number of halogens is 2. The summed E-state index contributed by atoms with van der Waals surface area (Å²) >= 11 is 0. The smallest absolute Gasteiger partial charge is 0.387 e. The van der Waals surface area contributed by atoms with E-state index in [-0.39, 0.29) is 36.0 Å². The Morgan fingerprint density at radius 1 is 1.03 bits per heavy atom. The van der Waals surface area contributed by atoms with E-state index in [1.807, 2.05) is 30.3 Å². The first-order valence-electron chi connectivity index (χ1n) is 8.83. The molecule has 3 aromatic rings. The molecule has 0 aliphatic carbocycles. The van der Waals surface area contributed by atoms with Gasteiger partial charge in [0.05, 0.1) is 6.54 Å². The van der Waals surface area contributed by atoms with E-state index in [9.17, 15) is 18.4 Å². The van der Waals surface area contributed by atoms with Gasteiger partial charge in [0.1, 0.15) is 11.4 Å². The molecule has 2 aromatic carbocycles. The Labute approximate surface area is 166 Å². The first-order chi connectivity index (χ1) is 13.9. The minimum atomic E-state index is -2.89. The van der Waals surface area contributed by atoms with Crippen LogP contribution in [-0.2, 0) is 13.1 Å². The van der Waals surface area contributed by atoms with E-state index >= 15 is 0 Å². The zero-order valence-corrected chi connectivity index (χ0v) is 15.7. The summed E-state index contributed by atoms with van der Waals surface area (Å²) in [6.07, 6.45) is 0. The van der Waals surface area contributed by atoms with E-state index in [0.29, 0.717) is 0 Å². The van der Waals surface area contributed by atoms with Crippen LogP contribution in [-0.4, -0.2) is 34.2 Å². The summed E-state index contributed by atoms with van der Waals surface area (Å²) in [7, 11) is 1.60. The summed E-state index contributed by atoms with van der Waals surface area (Å²) in [5, 5.41) is 4.19. The van der Waals surface area contributed by atoms with E-state index in [2.05, 4.69) is 9.84 Å². The summed E-state index contributed by atoms with van der Waals surface area (Å²) in [4.78, 5) is 26.2. The summed E-state index contributed by atoms with van der Waals surface area (Å²) in [5.41, 5.74) is 1.47. The Hall–Kier alpha value is -3.55. The van der Waals surface area contributed by atoms with E-state index in [1.165, 1.54) is 33.8 Å². The monoisotopic (exact) mass is 399 g/mol. The largest absolute Gasteiger partial charge is 0.435 e. The van der Waals surface area contributed by atoms with Crippen LogP contribution in [0, 0.1) is 0 Å². The first-order valence-corrected chi connectivity index (χ1v) is 8.83. The highest BCUT2D eigenvalue weighted by molar-refractivity contribution is 5.91. The number of benzene rings is 2. The second-order valence-corrected chi connectivity index (χ2v) is 6.38. The summed E-state index contributed by atoms with van der Waals surface area (Å²) < 4.78 is 30.0. The zero-order chi connectivity index (χ0) is 20.8. The number of aromatic nitrogens is 2. The van der Waals surface area contributed by atoms with Crippen LogP contribution in [0.4, 0.5) is 8.78 Å². The van der Waals surface area contributed by atoms with Crippen LogP contribution in [0.15, 0.2) is 71.5 Å². The zero-order valence-electron chi connectivity index (χ0n) is 15.7. The number of amides is 1. The molecule has 0 N–H and O–H groups in total. The van der Waals surface area contributed by atoms with Gasteiger partial charge in [0, 0.05) is 19.7 Å². The van der Waals surface area contributed by atoms with Gasteiger partial charge in [0.2, 0.25) is 0 Å². The molecule has 29 heavy (non-hydrogen) atoms. The molecular formula is C21H19F2N3O3. The van der Waals surface area contributed by atoms with E-state index in [4.69, 9.17) is 0 Å². The molecule has 0 saturated heterocycles. The molecule has 0 atom stereocenters. The molecule has 0 spiro atoms. The van der Waals surface area contributed by atoms with Gasteiger partial charge in [-0.15, -0.1) is 0 Å². The van der Waals surface area contributed by atoms with E-state index < -0.39 is 6.61 Å². The Morgan fingerprint density at radius 2 is 1.72 bits per heavy atom. The molecule has 8 heteroatoms. The van der Waals surface area contributed by atoms with Gasteiger partial charge in [-0.1, -0.05) is 42.5 Å². The number of carbonyl (C=O) groups is 1. The van der Waals surface area contributed by atoms with Crippen molar-refractivity contribution in [2.24, 2.45) is 0 Å². The van der Waals surface area contributed by atoms with Crippen molar-refractivity contribution in [2.75, 3.05) is 7.05 Å². The van der Waals surface area contributed by atoms with Gasteiger partial charge >= 0.3 is 6.61 Å². The van der Waals surface area contributed by atoms with Gasteiger partial charge in [0.15, 0.2) is 0 Å². The molecule has 1 amide bonds. The van der Waals surface area contributed by atoms with Crippen molar-refractivity contribution in [1.82, 2.24) is 14.7 Å². The van der Waals surface area contributed by atoms with Crippen LogP contribution >= 0.6 is 0 Å². The summed E-state index contributed by atoms with van der Waals surface area (Å²) in [6.45, 7) is -2.38. The average Bonchev–Trinajstić information content (AvgIpc) is 2.71. The number of nitrogens with zero attached hydrogens (tertiary/aromatic N) is 3. The standard InChI is InChI=1S/C21H19F2N3O3/c1-25(13-16-7-9-17(10-8-16)29-21(22)23)20(28)18-11-12-19(27)26(24-18)14-15-5-3-2-4-6-15/h2-12,21H,13-14H2,1H3. The molecule has 0 aliphatic rings. The van der Waals surface area contributed by atoms with Gasteiger partial charge in [-0.2, -0.15) is 13.9 Å². The normalized spacial score (nSPS) is 10.8. The highest BCUT2D eigenvalue weighted by Gasteiger charge is 2.15. The fraction of sp³-hybridized carbons (Fsp3) is 0.190. The third-order valence-electron chi connectivity index (χ3n) is 4.18. The molecule has 0 aliphatic heterocycles. The molecule has 0 saturated carbocycles. The molecule has 0 unspecified atom stereocenters. The highest BCUT2D eigenvalue weighted by Crippen LogP contribution is 2.16. The fourth-order valence-electron chi connectivity index (χ4n) is 2.75.